The maximum Gasteiger partial charge on any atom is 0.408 e. The van der Waals surface area contributed by atoms with Gasteiger partial charge in [-0.05, 0) is 27.7 Å². The fraction of sp³-hybridized carbons (Fsp3) is 0.667. The number of nitrogens with zero attached hydrogens (tertiary/aromatic N) is 3. The summed E-state index contributed by atoms with van der Waals surface area (Å²) < 4.78 is 5.04. The van der Waals surface area contributed by atoms with Crippen LogP contribution in [0.25, 0.3) is 0 Å². The Hall–Kier alpha value is -1.99. The topological polar surface area (TPSA) is 110 Å². The molecule has 0 bridgehead atoms. The highest BCUT2D eigenvalue weighted by Crippen LogP contribution is 2.14. The molecule has 0 saturated heterocycles. The van der Waals surface area contributed by atoms with Crippen molar-refractivity contribution in [1.82, 2.24) is 25.9 Å². The Morgan fingerprint density at radius 2 is 2.06 bits per heavy atom. The molecule has 1 rings (SSSR count). The number of hydrogen-bond acceptors (Lipinski definition) is 6. The van der Waals surface area contributed by atoms with Gasteiger partial charge in [0.2, 0.25) is 5.82 Å². The third-order valence-electron chi connectivity index (χ3n) is 1.81. The summed E-state index contributed by atoms with van der Waals surface area (Å²) in [6.45, 7) is 6.62. The van der Waals surface area contributed by atoms with Gasteiger partial charge in [0.25, 0.3) is 0 Å². The number of rotatable bonds is 3. The van der Waals surface area contributed by atoms with Crippen LogP contribution >= 0.6 is 0 Å². The van der Waals surface area contributed by atoms with Gasteiger partial charge in [-0.3, -0.25) is 0 Å². The first-order valence-electron chi connectivity index (χ1n) is 4.98. The Morgan fingerprint density at radius 1 is 1.41 bits per heavy atom. The van der Waals surface area contributed by atoms with Crippen LogP contribution in [-0.4, -0.2) is 38.6 Å². The lowest BCUT2D eigenvalue weighted by molar-refractivity contribution is -0.113. The van der Waals surface area contributed by atoms with E-state index < -0.39 is 17.2 Å². The molecule has 1 atom stereocenters. The zero-order valence-electron chi connectivity index (χ0n) is 10.1. The highest BCUT2D eigenvalue weighted by atomic mass is 16.6. The molecule has 0 aliphatic rings. The molecule has 1 aromatic heterocycles. The molecule has 0 aliphatic heterocycles. The minimum Gasteiger partial charge on any atom is -0.444 e. The third-order valence-corrected chi connectivity index (χ3v) is 1.81. The van der Waals surface area contributed by atoms with Gasteiger partial charge in [0, 0.05) is 0 Å². The molecule has 94 valence electrons. The van der Waals surface area contributed by atoms with E-state index in [0.29, 0.717) is 6.29 Å². The molecule has 0 radical (unpaired) electrons. The quantitative estimate of drug-likeness (QED) is 0.728. The molecule has 0 aliphatic carbocycles. The van der Waals surface area contributed by atoms with Crippen LogP contribution in [-0.2, 0) is 15.1 Å². The molecule has 1 aromatic rings. The number of ether oxygens (including phenoxy) is 1. The predicted octanol–water partition coefficient (Wildman–Crippen LogP) is 0.138. The molecule has 17 heavy (non-hydrogen) atoms. The van der Waals surface area contributed by atoms with Crippen LogP contribution in [0.2, 0.25) is 0 Å². The molecule has 1 amide bonds. The lowest BCUT2D eigenvalue weighted by Gasteiger charge is -2.25. The average Bonchev–Trinajstić information content (AvgIpc) is 2.67. The first kappa shape index (κ1) is 13.1. The molecule has 0 fully saturated rings. The monoisotopic (exact) mass is 241 g/mol. The molecular formula is C9H15N5O3. The van der Waals surface area contributed by atoms with Crippen LogP contribution in [0.1, 0.15) is 33.5 Å². The van der Waals surface area contributed by atoms with E-state index in [4.69, 9.17) is 4.74 Å². The van der Waals surface area contributed by atoms with E-state index in [1.807, 2.05) is 0 Å². The minimum absolute atomic E-state index is 0.0679. The van der Waals surface area contributed by atoms with Gasteiger partial charge >= 0.3 is 6.09 Å². The zero-order chi connectivity index (χ0) is 13.1. The largest absolute Gasteiger partial charge is 0.444 e. The van der Waals surface area contributed by atoms with E-state index in [0.717, 1.165) is 0 Å². The van der Waals surface area contributed by atoms with Crippen LogP contribution in [0.5, 0.6) is 0 Å². The zero-order valence-corrected chi connectivity index (χ0v) is 10.1. The van der Waals surface area contributed by atoms with Gasteiger partial charge in [0.15, 0.2) is 11.8 Å². The number of tetrazole rings is 1. The summed E-state index contributed by atoms with van der Waals surface area (Å²) in [6, 6.07) is 0. The summed E-state index contributed by atoms with van der Waals surface area (Å²) in [5.41, 5.74) is -2.01. The van der Waals surface area contributed by atoms with Crippen LogP contribution in [0.3, 0.4) is 0 Å². The Morgan fingerprint density at radius 3 is 2.47 bits per heavy atom. The number of alkyl carbamates (subject to hydrolysis) is 1. The summed E-state index contributed by atoms with van der Waals surface area (Å²) in [5, 5.41) is 15.2. The van der Waals surface area contributed by atoms with E-state index in [2.05, 4.69) is 25.9 Å². The molecule has 0 aromatic carbocycles. The third kappa shape index (κ3) is 3.51. The number of nitrogens with one attached hydrogen (secondary N) is 2. The van der Waals surface area contributed by atoms with Crippen molar-refractivity contribution in [2.75, 3.05) is 0 Å². The van der Waals surface area contributed by atoms with Crippen molar-refractivity contribution in [2.45, 2.75) is 38.8 Å². The van der Waals surface area contributed by atoms with Crippen molar-refractivity contribution < 1.29 is 14.3 Å². The van der Waals surface area contributed by atoms with Crippen LogP contribution in [0.15, 0.2) is 0 Å². The van der Waals surface area contributed by atoms with E-state index in [-0.39, 0.29) is 5.82 Å². The second-order valence-corrected chi connectivity index (χ2v) is 4.68. The van der Waals surface area contributed by atoms with Crippen molar-refractivity contribution in [3.05, 3.63) is 5.82 Å². The number of amides is 1. The molecule has 8 heteroatoms. The molecule has 8 nitrogen and oxygen atoms in total. The Labute approximate surface area is 98.1 Å². The maximum absolute atomic E-state index is 11.5. The van der Waals surface area contributed by atoms with Crippen LogP contribution < -0.4 is 5.32 Å². The Balaban J connectivity index is 2.77. The number of hydrogen-bond donors (Lipinski definition) is 2. The normalized spacial score (nSPS) is 14.8. The first-order valence-corrected chi connectivity index (χ1v) is 4.98. The second-order valence-electron chi connectivity index (χ2n) is 4.68. The Bertz CT molecular complexity index is 397. The van der Waals surface area contributed by atoms with Gasteiger partial charge in [0.05, 0.1) is 0 Å². The number of carbonyl (C=O) groups is 2. The van der Waals surface area contributed by atoms with E-state index in [1.54, 1.807) is 20.8 Å². The van der Waals surface area contributed by atoms with E-state index >= 15 is 0 Å². The van der Waals surface area contributed by atoms with Crippen LogP contribution in [0.4, 0.5) is 4.79 Å². The number of aromatic amines is 1. The van der Waals surface area contributed by atoms with Gasteiger partial charge < -0.3 is 14.8 Å². The highest BCUT2D eigenvalue weighted by Gasteiger charge is 2.34. The van der Waals surface area contributed by atoms with Gasteiger partial charge in [-0.2, -0.15) is 5.21 Å². The summed E-state index contributed by atoms with van der Waals surface area (Å²) in [6.07, 6.45) is -0.209. The van der Waals surface area contributed by atoms with Gasteiger partial charge in [-0.25, -0.2) is 4.79 Å². The maximum atomic E-state index is 11.5. The van der Waals surface area contributed by atoms with E-state index in [1.165, 1.54) is 6.92 Å². The standard InChI is InChI=1S/C9H15N5O3/c1-8(2,3)17-7(16)10-9(4,5-15)6-11-13-14-12-6/h5H,1-4H3,(H,10,16)(H,11,12,13,14). The van der Waals surface area contributed by atoms with Crippen molar-refractivity contribution in [2.24, 2.45) is 0 Å². The summed E-state index contributed by atoms with van der Waals surface area (Å²) >= 11 is 0. The van der Waals surface area contributed by atoms with Crippen molar-refractivity contribution in [3.63, 3.8) is 0 Å². The van der Waals surface area contributed by atoms with Crippen molar-refractivity contribution in [3.8, 4) is 0 Å². The van der Waals surface area contributed by atoms with Gasteiger partial charge in [-0.1, -0.05) is 5.21 Å². The summed E-state index contributed by atoms with van der Waals surface area (Å²) in [4.78, 5) is 22.6. The molecule has 0 spiro atoms. The molecule has 2 N–H and O–H groups in total. The van der Waals surface area contributed by atoms with Crippen molar-refractivity contribution in [1.29, 1.82) is 0 Å². The number of H-pyrrole nitrogens is 1. The number of carbonyl (C=O) groups excluding carboxylic acids is 2. The highest BCUT2D eigenvalue weighted by molar-refractivity contribution is 5.76. The molecular weight excluding hydrogens is 226 g/mol. The summed E-state index contributed by atoms with van der Waals surface area (Å²) in [5.74, 6) is 0.0679. The molecule has 0 saturated carbocycles. The second kappa shape index (κ2) is 4.48. The number of aromatic nitrogens is 4. The van der Waals surface area contributed by atoms with E-state index in [9.17, 15) is 9.59 Å². The first-order chi connectivity index (χ1) is 7.77. The van der Waals surface area contributed by atoms with Gasteiger partial charge in [0.1, 0.15) is 5.60 Å². The summed E-state index contributed by atoms with van der Waals surface area (Å²) in [7, 11) is 0. The Kier molecular flexibility index (Phi) is 3.45. The fourth-order valence-electron chi connectivity index (χ4n) is 1.04. The fourth-order valence-corrected chi connectivity index (χ4v) is 1.04. The average molecular weight is 241 g/mol. The molecule has 1 unspecified atom stereocenters. The number of aldehydes is 1. The molecule has 1 heterocycles. The minimum atomic E-state index is -1.37. The predicted molar refractivity (Wildman–Crippen MR) is 57.0 cm³/mol. The lowest BCUT2D eigenvalue weighted by Crippen LogP contribution is -2.47. The smallest absolute Gasteiger partial charge is 0.408 e. The SMILES string of the molecule is CC(C)(C)OC(=O)NC(C)(C=O)c1nn[nH]n1. The van der Waals surface area contributed by atoms with Crippen molar-refractivity contribution >= 4 is 12.4 Å². The lowest BCUT2D eigenvalue weighted by atomic mass is 10.1. The van der Waals surface area contributed by atoms with Crippen LogP contribution in [0, 0.1) is 0 Å². The van der Waals surface area contributed by atoms with Gasteiger partial charge in [-0.15, -0.1) is 10.2 Å².